The lowest BCUT2D eigenvalue weighted by molar-refractivity contribution is -0.387. The molecule has 0 spiro atoms. The topological polar surface area (TPSA) is 94.1 Å². The van der Waals surface area contributed by atoms with Gasteiger partial charge in [-0.05, 0) is 19.1 Å². The molecule has 1 N–H and O–H groups in total. The van der Waals surface area contributed by atoms with E-state index in [4.69, 9.17) is 0 Å². The molecule has 1 aromatic carbocycles. The number of nitro groups is 1. The van der Waals surface area contributed by atoms with E-state index < -0.39 is 22.5 Å². The van der Waals surface area contributed by atoms with Gasteiger partial charge < -0.3 is 5.11 Å². The molecule has 18 heavy (non-hydrogen) atoms. The number of hydrogen-bond acceptors (Lipinski definition) is 5. The molecule has 2 rings (SSSR count). The largest absolute Gasteiger partial charge is 0.387 e. The highest BCUT2D eigenvalue weighted by atomic mass is 19.1. The Morgan fingerprint density at radius 1 is 1.56 bits per heavy atom. The third kappa shape index (κ3) is 2.18. The molecule has 1 atom stereocenters. The first kappa shape index (κ1) is 12.1. The van der Waals surface area contributed by atoms with Crippen LogP contribution in [0, 0.1) is 15.9 Å². The molecule has 94 valence electrons. The van der Waals surface area contributed by atoms with Crippen LogP contribution < -0.4 is 0 Å². The van der Waals surface area contributed by atoms with Crippen LogP contribution in [0.15, 0.2) is 24.4 Å². The Kier molecular flexibility index (Phi) is 3.02. The quantitative estimate of drug-likeness (QED) is 0.657. The lowest BCUT2D eigenvalue weighted by Gasteiger charge is -2.00. The van der Waals surface area contributed by atoms with E-state index in [1.54, 1.807) is 0 Å². The Bertz CT molecular complexity index is 597. The molecule has 1 heterocycles. The van der Waals surface area contributed by atoms with Gasteiger partial charge in [-0.15, -0.1) is 5.10 Å². The molecule has 0 aliphatic heterocycles. The molecule has 0 amide bonds. The van der Waals surface area contributed by atoms with E-state index in [9.17, 15) is 19.6 Å². The Hall–Kier alpha value is -2.35. The minimum atomic E-state index is -0.917. The zero-order valence-corrected chi connectivity index (χ0v) is 9.32. The highest BCUT2D eigenvalue weighted by molar-refractivity contribution is 5.43. The van der Waals surface area contributed by atoms with Crippen LogP contribution >= 0.6 is 0 Å². The van der Waals surface area contributed by atoms with Crippen molar-refractivity contribution in [2.75, 3.05) is 0 Å². The van der Waals surface area contributed by atoms with Crippen LogP contribution in [0.3, 0.4) is 0 Å². The van der Waals surface area contributed by atoms with Gasteiger partial charge in [0, 0.05) is 6.07 Å². The molecule has 1 unspecified atom stereocenters. The van der Waals surface area contributed by atoms with Crippen LogP contribution in [0.2, 0.25) is 0 Å². The van der Waals surface area contributed by atoms with E-state index in [1.165, 1.54) is 23.9 Å². The Labute approximate surface area is 101 Å². The summed E-state index contributed by atoms with van der Waals surface area (Å²) < 4.78 is 14.4. The number of rotatable bonds is 3. The first-order valence-electron chi connectivity index (χ1n) is 5.03. The average molecular weight is 252 g/mol. The maximum Gasteiger partial charge on any atom is 0.306 e. The molecule has 7 nitrogen and oxygen atoms in total. The summed E-state index contributed by atoms with van der Waals surface area (Å²) in [5.74, 6) is -0.917. The van der Waals surface area contributed by atoms with Gasteiger partial charge in [0.25, 0.3) is 0 Å². The van der Waals surface area contributed by atoms with Crippen molar-refractivity contribution < 1.29 is 14.4 Å². The van der Waals surface area contributed by atoms with Crippen molar-refractivity contribution in [1.82, 2.24) is 15.0 Å². The zero-order chi connectivity index (χ0) is 13.3. The van der Waals surface area contributed by atoms with E-state index in [0.29, 0.717) is 11.4 Å². The Morgan fingerprint density at radius 3 is 2.83 bits per heavy atom. The van der Waals surface area contributed by atoms with Crippen molar-refractivity contribution in [3.63, 3.8) is 0 Å². The second-order valence-electron chi connectivity index (χ2n) is 3.66. The van der Waals surface area contributed by atoms with Gasteiger partial charge in [-0.25, -0.2) is 4.68 Å². The maximum atomic E-state index is 13.1. The van der Waals surface area contributed by atoms with E-state index in [-0.39, 0.29) is 0 Å². The molecular weight excluding hydrogens is 243 g/mol. The molecule has 0 fully saturated rings. The van der Waals surface area contributed by atoms with Crippen LogP contribution in [-0.4, -0.2) is 25.0 Å². The van der Waals surface area contributed by atoms with Crippen LogP contribution in [-0.2, 0) is 0 Å². The summed E-state index contributed by atoms with van der Waals surface area (Å²) in [6.07, 6.45) is 0.621. The predicted molar refractivity (Wildman–Crippen MR) is 58.6 cm³/mol. The van der Waals surface area contributed by atoms with E-state index >= 15 is 0 Å². The lowest BCUT2D eigenvalue weighted by Crippen LogP contribution is -1.99. The fraction of sp³-hybridized carbons (Fsp3) is 0.200. The van der Waals surface area contributed by atoms with Crippen molar-refractivity contribution in [1.29, 1.82) is 0 Å². The normalized spacial score (nSPS) is 12.4. The summed E-state index contributed by atoms with van der Waals surface area (Å²) >= 11 is 0. The highest BCUT2D eigenvalue weighted by Crippen LogP contribution is 2.21. The van der Waals surface area contributed by atoms with Gasteiger partial charge in [0.15, 0.2) is 0 Å². The number of halogens is 1. The van der Waals surface area contributed by atoms with Crippen molar-refractivity contribution in [3.8, 4) is 5.69 Å². The number of aliphatic hydroxyl groups excluding tert-OH is 1. The first-order valence-corrected chi connectivity index (χ1v) is 5.03. The van der Waals surface area contributed by atoms with E-state index in [2.05, 4.69) is 10.3 Å². The van der Waals surface area contributed by atoms with Gasteiger partial charge in [0.2, 0.25) is 5.82 Å². The number of nitro benzene ring substituents is 1. The maximum absolute atomic E-state index is 13.1. The van der Waals surface area contributed by atoms with Crippen molar-refractivity contribution in [2.45, 2.75) is 13.0 Å². The molecule has 8 heteroatoms. The van der Waals surface area contributed by atoms with Gasteiger partial charge in [0.05, 0.1) is 22.9 Å². The number of benzene rings is 1. The predicted octanol–water partition coefficient (Wildman–Crippen LogP) is 1.37. The van der Waals surface area contributed by atoms with E-state index in [0.717, 1.165) is 12.1 Å². The van der Waals surface area contributed by atoms with Crippen molar-refractivity contribution in [3.05, 3.63) is 46.0 Å². The average Bonchev–Trinajstić information content (AvgIpc) is 2.78. The molecule has 0 saturated heterocycles. The van der Waals surface area contributed by atoms with Crippen LogP contribution in [0.1, 0.15) is 18.7 Å². The Morgan fingerprint density at radius 2 is 2.28 bits per heavy atom. The number of hydrogen-bond donors (Lipinski definition) is 1. The number of nitrogens with zero attached hydrogens (tertiary/aromatic N) is 4. The molecule has 0 radical (unpaired) electrons. The van der Waals surface area contributed by atoms with Gasteiger partial charge in [0.1, 0.15) is 5.69 Å². The third-order valence-electron chi connectivity index (χ3n) is 2.33. The van der Waals surface area contributed by atoms with Gasteiger partial charge in [-0.3, -0.25) is 10.1 Å². The third-order valence-corrected chi connectivity index (χ3v) is 2.33. The van der Waals surface area contributed by atoms with Crippen molar-refractivity contribution in [2.24, 2.45) is 0 Å². The molecule has 0 bridgehead atoms. The second-order valence-corrected chi connectivity index (χ2v) is 3.66. The summed E-state index contributed by atoms with van der Waals surface area (Å²) in [6, 6.07) is 3.37. The Balaban J connectivity index is 2.44. The smallest absolute Gasteiger partial charge is 0.306 e. The summed E-state index contributed by atoms with van der Waals surface area (Å²) in [5, 5.41) is 27.3. The summed E-state index contributed by atoms with van der Waals surface area (Å²) in [6.45, 7) is 1.52. The molecule has 2 aromatic rings. The van der Waals surface area contributed by atoms with Crippen molar-refractivity contribution >= 4 is 5.69 Å². The van der Waals surface area contributed by atoms with E-state index in [1.807, 2.05) is 0 Å². The standard InChI is InChI=1S/C10H9FN4O3/c1-6(16)9-5-14(13-12-9)7-2-3-8(11)10(4-7)15(17)18/h2-6,16H,1H3. The van der Waals surface area contributed by atoms with Crippen LogP contribution in [0.25, 0.3) is 5.69 Å². The molecular formula is C10H9FN4O3. The zero-order valence-electron chi connectivity index (χ0n) is 9.32. The fourth-order valence-corrected chi connectivity index (χ4v) is 1.38. The first-order chi connectivity index (χ1) is 8.49. The van der Waals surface area contributed by atoms with Gasteiger partial charge in [-0.2, -0.15) is 4.39 Å². The minimum Gasteiger partial charge on any atom is -0.387 e. The second kappa shape index (κ2) is 4.49. The minimum absolute atomic E-state index is 0.294. The summed E-state index contributed by atoms with van der Waals surface area (Å²) in [5.41, 5.74) is -0.0222. The van der Waals surface area contributed by atoms with Crippen LogP contribution in [0.5, 0.6) is 0 Å². The number of aromatic nitrogens is 3. The summed E-state index contributed by atoms with van der Waals surface area (Å²) in [4.78, 5) is 9.78. The lowest BCUT2D eigenvalue weighted by atomic mass is 10.2. The van der Waals surface area contributed by atoms with Gasteiger partial charge >= 0.3 is 5.69 Å². The summed E-state index contributed by atoms with van der Waals surface area (Å²) in [7, 11) is 0. The fourth-order valence-electron chi connectivity index (χ4n) is 1.38. The molecule has 0 aliphatic carbocycles. The molecule has 0 saturated carbocycles. The number of aliphatic hydroxyl groups is 1. The van der Waals surface area contributed by atoms with Crippen LogP contribution in [0.4, 0.5) is 10.1 Å². The highest BCUT2D eigenvalue weighted by Gasteiger charge is 2.16. The molecule has 0 aliphatic rings. The molecule has 1 aromatic heterocycles. The van der Waals surface area contributed by atoms with Gasteiger partial charge in [-0.1, -0.05) is 5.21 Å². The monoisotopic (exact) mass is 252 g/mol. The SMILES string of the molecule is CC(O)c1cn(-c2ccc(F)c([N+](=O)[O-])c2)nn1.